The van der Waals surface area contributed by atoms with E-state index in [-0.39, 0.29) is 0 Å². The van der Waals surface area contributed by atoms with E-state index in [1.165, 1.54) is 18.4 Å². The van der Waals surface area contributed by atoms with Gasteiger partial charge in [0.1, 0.15) is 0 Å². The maximum Gasteiger partial charge on any atom is 0.0957 e. The number of rotatable bonds is 2. The summed E-state index contributed by atoms with van der Waals surface area (Å²) < 4.78 is 5.18. The molecule has 2 heteroatoms. The van der Waals surface area contributed by atoms with Gasteiger partial charge in [-0.1, -0.05) is 0 Å². The average Bonchev–Trinajstić information content (AvgIpc) is 2.06. The molecule has 1 aliphatic rings. The first-order chi connectivity index (χ1) is 5.38. The lowest BCUT2D eigenvalue weighted by Gasteiger charge is -2.16. The summed E-state index contributed by atoms with van der Waals surface area (Å²) in [7, 11) is 1.69. The van der Waals surface area contributed by atoms with E-state index in [1.54, 1.807) is 7.11 Å². The van der Waals surface area contributed by atoms with E-state index in [4.69, 9.17) is 10.00 Å². The summed E-state index contributed by atoms with van der Waals surface area (Å²) in [5.74, 6) is 1.05. The van der Waals surface area contributed by atoms with Crippen LogP contribution in [-0.2, 0) is 4.74 Å². The van der Waals surface area contributed by atoms with Crippen LogP contribution < -0.4 is 0 Å². The van der Waals surface area contributed by atoms with Gasteiger partial charge in [-0.3, -0.25) is 0 Å². The van der Waals surface area contributed by atoms with E-state index < -0.39 is 0 Å². The Balaban J connectivity index is 2.66. The zero-order chi connectivity index (χ0) is 8.10. The minimum Gasteiger partial charge on any atom is -0.501 e. The second kappa shape index (κ2) is 4.02. The third-order valence-corrected chi connectivity index (χ3v) is 2.07. The molecule has 0 radical (unpaired) electrons. The summed E-state index contributed by atoms with van der Waals surface area (Å²) in [6.07, 6.45) is 5.04. The summed E-state index contributed by atoms with van der Waals surface area (Å²) >= 11 is 0. The molecule has 0 aromatic rings. The van der Waals surface area contributed by atoms with Crippen molar-refractivity contribution < 1.29 is 4.74 Å². The Labute approximate surface area is 67.5 Å². The lowest BCUT2D eigenvalue weighted by molar-refractivity contribution is 0.259. The number of hydrogen-bond donors (Lipinski definition) is 0. The van der Waals surface area contributed by atoms with Gasteiger partial charge in [0.05, 0.1) is 25.4 Å². The minimum absolute atomic E-state index is 0.545. The van der Waals surface area contributed by atoms with Gasteiger partial charge in [0.2, 0.25) is 0 Å². The third-order valence-electron chi connectivity index (χ3n) is 2.07. The molecule has 0 saturated heterocycles. The smallest absolute Gasteiger partial charge is 0.0957 e. The normalized spacial score (nSPS) is 17.8. The highest BCUT2D eigenvalue weighted by atomic mass is 16.5. The van der Waals surface area contributed by atoms with Crippen molar-refractivity contribution in [1.82, 2.24) is 0 Å². The largest absolute Gasteiger partial charge is 0.501 e. The van der Waals surface area contributed by atoms with Crippen LogP contribution in [0.4, 0.5) is 0 Å². The van der Waals surface area contributed by atoms with Gasteiger partial charge in [-0.25, -0.2) is 0 Å². The highest BCUT2D eigenvalue weighted by Gasteiger charge is 2.11. The summed E-state index contributed by atoms with van der Waals surface area (Å²) in [5.41, 5.74) is 1.21. The molecule has 0 saturated carbocycles. The quantitative estimate of drug-likeness (QED) is 0.607. The lowest BCUT2D eigenvalue weighted by Crippen LogP contribution is -2.01. The summed E-state index contributed by atoms with van der Waals surface area (Å²) in [5, 5.41) is 8.49. The fourth-order valence-corrected chi connectivity index (χ4v) is 1.47. The van der Waals surface area contributed by atoms with E-state index in [0.29, 0.717) is 6.42 Å². The van der Waals surface area contributed by atoms with Crippen molar-refractivity contribution in [2.24, 2.45) is 0 Å². The molecule has 11 heavy (non-hydrogen) atoms. The maximum atomic E-state index is 8.49. The molecule has 1 aliphatic carbocycles. The van der Waals surface area contributed by atoms with Gasteiger partial charge in [-0.2, -0.15) is 5.26 Å². The highest BCUT2D eigenvalue weighted by molar-refractivity contribution is 5.15. The fourth-order valence-electron chi connectivity index (χ4n) is 1.47. The second-order valence-electron chi connectivity index (χ2n) is 2.77. The van der Waals surface area contributed by atoms with Crippen molar-refractivity contribution in [3.8, 4) is 6.07 Å². The van der Waals surface area contributed by atoms with E-state index >= 15 is 0 Å². The molecule has 0 N–H and O–H groups in total. The topological polar surface area (TPSA) is 33.0 Å². The van der Waals surface area contributed by atoms with Crippen LogP contribution in [-0.4, -0.2) is 7.11 Å². The first kappa shape index (κ1) is 8.13. The van der Waals surface area contributed by atoms with E-state index in [2.05, 4.69) is 6.07 Å². The fraction of sp³-hybridized carbons (Fsp3) is 0.667. The average molecular weight is 151 g/mol. The van der Waals surface area contributed by atoms with Gasteiger partial charge in [0, 0.05) is 6.42 Å². The molecule has 0 unspecified atom stereocenters. The van der Waals surface area contributed by atoms with Crippen LogP contribution in [0.5, 0.6) is 0 Å². The Hall–Kier alpha value is -0.970. The molecule has 0 aromatic heterocycles. The zero-order valence-electron chi connectivity index (χ0n) is 6.89. The predicted molar refractivity (Wildman–Crippen MR) is 42.7 cm³/mol. The molecule has 0 bridgehead atoms. The van der Waals surface area contributed by atoms with E-state index in [1.807, 2.05) is 0 Å². The predicted octanol–water partition coefficient (Wildman–Crippen LogP) is 2.37. The molecule has 0 heterocycles. The Morgan fingerprint density at radius 3 is 2.82 bits per heavy atom. The van der Waals surface area contributed by atoms with Crippen LogP contribution >= 0.6 is 0 Å². The number of ether oxygens (including phenoxy) is 1. The number of methoxy groups -OCH3 is 1. The highest BCUT2D eigenvalue weighted by Crippen LogP contribution is 2.26. The molecule has 2 nitrogen and oxygen atoms in total. The first-order valence-corrected chi connectivity index (χ1v) is 4.00. The van der Waals surface area contributed by atoms with E-state index in [0.717, 1.165) is 18.6 Å². The monoisotopic (exact) mass is 151 g/mol. The Kier molecular flexibility index (Phi) is 2.97. The van der Waals surface area contributed by atoms with E-state index in [9.17, 15) is 0 Å². The zero-order valence-corrected chi connectivity index (χ0v) is 6.89. The van der Waals surface area contributed by atoms with Gasteiger partial charge >= 0.3 is 0 Å². The molecule has 0 aromatic carbocycles. The summed E-state index contributed by atoms with van der Waals surface area (Å²) in [6.45, 7) is 0. The molecular formula is C9H13NO. The molecule has 0 amide bonds. The van der Waals surface area contributed by atoms with Crippen LogP contribution in [0.2, 0.25) is 0 Å². The Bertz CT molecular complexity index is 200. The van der Waals surface area contributed by atoms with Crippen LogP contribution in [0, 0.1) is 11.3 Å². The maximum absolute atomic E-state index is 8.49. The van der Waals surface area contributed by atoms with Gasteiger partial charge < -0.3 is 4.74 Å². The molecule has 0 spiro atoms. The molecule has 0 atom stereocenters. The SMILES string of the molecule is COC1=C(CC#N)CCCC1. The number of hydrogen-bond acceptors (Lipinski definition) is 2. The van der Waals surface area contributed by atoms with Gasteiger partial charge in [-0.15, -0.1) is 0 Å². The van der Waals surface area contributed by atoms with Gasteiger partial charge in [-0.05, 0) is 24.8 Å². The van der Waals surface area contributed by atoms with Crippen molar-refractivity contribution in [3.63, 3.8) is 0 Å². The Morgan fingerprint density at radius 2 is 2.18 bits per heavy atom. The van der Waals surface area contributed by atoms with Crippen molar-refractivity contribution in [3.05, 3.63) is 11.3 Å². The van der Waals surface area contributed by atoms with Crippen LogP contribution in [0.3, 0.4) is 0 Å². The molecule has 0 aliphatic heterocycles. The van der Waals surface area contributed by atoms with Gasteiger partial charge in [0.25, 0.3) is 0 Å². The molecule has 0 fully saturated rings. The van der Waals surface area contributed by atoms with Crippen LogP contribution in [0.25, 0.3) is 0 Å². The Morgan fingerprint density at radius 1 is 1.45 bits per heavy atom. The first-order valence-electron chi connectivity index (χ1n) is 4.00. The second-order valence-corrected chi connectivity index (χ2v) is 2.77. The van der Waals surface area contributed by atoms with Crippen LogP contribution in [0.1, 0.15) is 32.1 Å². The standard InChI is InChI=1S/C9H13NO/c1-11-9-5-3-2-4-8(9)6-7-10/h2-6H2,1H3. The van der Waals surface area contributed by atoms with Crippen LogP contribution in [0.15, 0.2) is 11.3 Å². The lowest BCUT2D eigenvalue weighted by atomic mass is 9.96. The molecule has 60 valence electrons. The third kappa shape index (κ3) is 1.98. The number of allylic oxidation sites excluding steroid dienone is 2. The van der Waals surface area contributed by atoms with Crippen molar-refractivity contribution in [2.45, 2.75) is 32.1 Å². The van der Waals surface area contributed by atoms with Crippen molar-refractivity contribution >= 4 is 0 Å². The van der Waals surface area contributed by atoms with Crippen molar-refractivity contribution in [1.29, 1.82) is 5.26 Å². The van der Waals surface area contributed by atoms with Gasteiger partial charge in [0.15, 0.2) is 0 Å². The number of nitriles is 1. The minimum atomic E-state index is 0.545. The summed E-state index contributed by atoms with van der Waals surface area (Å²) in [4.78, 5) is 0. The molecule has 1 rings (SSSR count). The van der Waals surface area contributed by atoms with Crippen molar-refractivity contribution in [2.75, 3.05) is 7.11 Å². The number of nitrogens with zero attached hydrogens (tertiary/aromatic N) is 1. The molecular weight excluding hydrogens is 138 g/mol. The summed E-state index contributed by atoms with van der Waals surface area (Å²) in [6, 6.07) is 2.16.